The van der Waals surface area contributed by atoms with Crippen LogP contribution in [-0.2, 0) is 4.79 Å². The van der Waals surface area contributed by atoms with Gasteiger partial charge in [-0.15, -0.1) is 0 Å². The lowest BCUT2D eigenvalue weighted by Gasteiger charge is -2.41. The highest BCUT2D eigenvalue weighted by atomic mass is 35.5. The van der Waals surface area contributed by atoms with Gasteiger partial charge in [0.15, 0.2) is 5.60 Å². The van der Waals surface area contributed by atoms with Gasteiger partial charge in [0.25, 0.3) is 5.91 Å². The molecule has 0 spiro atoms. The number of fused-ring (bicyclic) bond motifs is 2. The maximum atomic E-state index is 13.2. The summed E-state index contributed by atoms with van der Waals surface area (Å²) in [5.74, 6) is 1.15. The number of ether oxygens (including phenoxy) is 1. The predicted molar refractivity (Wildman–Crippen MR) is 133 cm³/mol. The number of carbonyl (C=O) groups excluding carboxylic acids is 2. The Labute approximate surface area is 206 Å². The monoisotopic (exact) mass is 484 g/mol. The Hall–Kier alpha value is -2.80. The zero-order valence-corrected chi connectivity index (χ0v) is 20.9. The SMILES string of the molecule is CC(C)c1cc(Cl)ccc1OC(C)(C)C(=O)N[C@H]1C[C@H]2CC[C@@H](C1)N2c1ccc(C(N)=O)cn1. The molecule has 2 aliphatic heterocycles. The number of piperidine rings is 1. The first-order valence-electron chi connectivity index (χ1n) is 11.9. The van der Waals surface area contributed by atoms with Crippen molar-refractivity contribution in [3.8, 4) is 5.75 Å². The van der Waals surface area contributed by atoms with Crippen molar-refractivity contribution in [2.24, 2.45) is 5.73 Å². The number of hydrogen-bond acceptors (Lipinski definition) is 5. The molecule has 1 aromatic heterocycles. The summed E-state index contributed by atoms with van der Waals surface area (Å²) in [6.45, 7) is 7.75. The first kappa shape index (κ1) is 24.3. The number of nitrogens with zero attached hydrogens (tertiary/aromatic N) is 2. The molecule has 8 heteroatoms. The van der Waals surface area contributed by atoms with Gasteiger partial charge in [-0.25, -0.2) is 4.98 Å². The second-order valence-electron chi connectivity index (χ2n) is 10.2. The quantitative estimate of drug-likeness (QED) is 0.605. The van der Waals surface area contributed by atoms with Crippen molar-refractivity contribution in [1.29, 1.82) is 0 Å². The topological polar surface area (TPSA) is 97.5 Å². The van der Waals surface area contributed by atoms with Gasteiger partial charge in [-0.3, -0.25) is 9.59 Å². The molecule has 0 radical (unpaired) electrons. The van der Waals surface area contributed by atoms with Crippen molar-refractivity contribution in [2.75, 3.05) is 4.90 Å². The smallest absolute Gasteiger partial charge is 0.263 e. The number of benzene rings is 1. The van der Waals surface area contributed by atoms with Gasteiger partial charge in [0, 0.05) is 29.3 Å². The van der Waals surface area contributed by atoms with Crippen molar-refractivity contribution in [1.82, 2.24) is 10.3 Å². The first-order chi connectivity index (χ1) is 16.0. The van der Waals surface area contributed by atoms with Crippen LogP contribution >= 0.6 is 11.6 Å². The summed E-state index contributed by atoms with van der Waals surface area (Å²) in [7, 11) is 0. The van der Waals surface area contributed by atoms with Gasteiger partial charge < -0.3 is 20.7 Å². The van der Waals surface area contributed by atoms with Crippen LogP contribution in [0.2, 0.25) is 5.02 Å². The molecule has 0 saturated carbocycles. The van der Waals surface area contributed by atoms with E-state index in [0.717, 1.165) is 37.1 Å². The van der Waals surface area contributed by atoms with Crippen LogP contribution in [0.3, 0.4) is 0 Å². The molecular weight excluding hydrogens is 452 g/mol. The second kappa shape index (κ2) is 9.45. The maximum Gasteiger partial charge on any atom is 0.263 e. The molecule has 4 rings (SSSR count). The van der Waals surface area contributed by atoms with E-state index in [1.165, 1.54) is 6.20 Å². The van der Waals surface area contributed by atoms with E-state index in [4.69, 9.17) is 22.1 Å². The lowest BCUT2D eigenvalue weighted by molar-refractivity contribution is -0.135. The third kappa shape index (κ3) is 4.99. The highest BCUT2D eigenvalue weighted by Crippen LogP contribution is 2.39. The minimum absolute atomic E-state index is 0.0730. The molecule has 2 bridgehead atoms. The minimum Gasteiger partial charge on any atom is -0.478 e. The van der Waals surface area contributed by atoms with Crippen LogP contribution in [0.1, 0.15) is 75.2 Å². The van der Waals surface area contributed by atoms with Crippen LogP contribution in [0.15, 0.2) is 36.5 Å². The van der Waals surface area contributed by atoms with Crippen LogP contribution in [0, 0.1) is 0 Å². The lowest BCUT2D eigenvalue weighted by atomic mass is 9.96. The van der Waals surface area contributed by atoms with Crippen molar-refractivity contribution in [3.05, 3.63) is 52.7 Å². The van der Waals surface area contributed by atoms with Crippen LogP contribution in [0.5, 0.6) is 5.75 Å². The number of halogens is 1. The molecule has 3 heterocycles. The molecule has 0 unspecified atom stereocenters. The van der Waals surface area contributed by atoms with Gasteiger partial charge in [-0.05, 0) is 81.3 Å². The number of carbonyl (C=O) groups is 2. The number of nitrogens with one attached hydrogen (secondary N) is 1. The van der Waals surface area contributed by atoms with Gasteiger partial charge in [0.1, 0.15) is 11.6 Å². The van der Waals surface area contributed by atoms with Crippen molar-refractivity contribution in [3.63, 3.8) is 0 Å². The van der Waals surface area contributed by atoms with Crippen molar-refractivity contribution in [2.45, 2.75) is 83.0 Å². The van der Waals surface area contributed by atoms with Crippen LogP contribution in [0.4, 0.5) is 5.82 Å². The number of rotatable bonds is 7. The summed E-state index contributed by atoms with van der Waals surface area (Å²) >= 11 is 6.17. The molecule has 7 nitrogen and oxygen atoms in total. The molecule has 3 N–H and O–H groups in total. The summed E-state index contributed by atoms with van der Waals surface area (Å²) < 4.78 is 6.21. The van der Waals surface area contributed by atoms with E-state index in [1.54, 1.807) is 26.0 Å². The average molecular weight is 485 g/mol. The predicted octanol–water partition coefficient (Wildman–Crippen LogP) is 4.43. The van der Waals surface area contributed by atoms with Gasteiger partial charge in [-0.2, -0.15) is 0 Å². The Bertz CT molecular complexity index is 1060. The van der Waals surface area contributed by atoms with Gasteiger partial charge in [-0.1, -0.05) is 25.4 Å². The standard InChI is InChI=1S/C26H33ClN4O3/c1-15(2)21-11-17(27)6-9-22(21)34-26(3,4)25(33)30-18-12-19-7-8-20(13-18)31(19)23-10-5-16(14-29-23)24(28)32/h5-6,9-11,14-15,18-20H,7-8,12-13H2,1-4H3,(H2,28,32)(H,30,33)/t18-,19+,20-. The zero-order valence-electron chi connectivity index (χ0n) is 20.2. The van der Waals surface area contributed by atoms with Gasteiger partial charge >= 0.3 is 0 Å². The highest BCUT2D eigenvalue weighted by Gasteiger charge is 2.43. The molecule has 2 fully saturated rings. The Morgan fingerprint density at radius 1 is 1.18 bits per heavy atom. The average Bonchev–Trinajstić information content (AvgIpc) is 3.05. The van der Waals surface area contributed by atoms with Crippen molar-refractivity contribution < 1.29 is 14.3 Å². The number of aromatic nitrogens is 1. The summed E-state index contributed by atoms with van der Waals surface area (Å²) in [5, 5.41) is 3.89. The summed E-state index contributed by atoms with van der Waals surface area (Å²) in [6.07, 6.45) is 5.33. The molecule has 2 aliphatic rings. The second-order valence-corrected chi connectivity index (χ2v) is 10.6. The van der Waals surface area contributed by atoms with Crippen molar-refractivity contribution >= 4 is 29.2 Å². The Kier molecular flexibility index (Phi) is 6.76. The van der Waals surface area contributed by atoms with E-state index < -0.39 is 11.5 Å². The number of anilines is 1. The van der Waals surface area contributed by atoms with E-state index in [1.807, 2.05) is 18.2 Å². The Balaban J connectivity index is 1.41. The summed E-state index contributed by atoms with van der Waals surface area (Å²) in [5.41, 5.74) is 5.70. The third-order valence-electron chi connectivity index (χ3n) is 6.87. The molecule has 1 aromatic carbocycles. The number of hydrogen-bond donors (Lipinski definition) is 2. The fourth-order valence-corrected chi connectivity index (χ4v) is 5.28. The van der Waals surface area contributed by atoms with Crippen LogP contribution in [0.25, 0.3) is 0 Å². The zero-order chi connectivity index (χ0) is 24.6. The molecule has 2 saturated heterocycles. The molecular formula is C26H33ClN4O3. The van der Waals surface area contributed by atoms with Gasteiger partial charge in [0.2, 0.25) is 5.91 Å². The minimum atomic E-state index is -1.03. The fourth-order valence-electron chi connectivity index (χ4n) is 5.10. The largest absolute Gasteiger partial charge is 0.478 e. The molecule has 0 aliphatic carbocycles. The number of amides is 2. The van der Waals surface area contributed by atoms with E-state index in [-0.39, 0.29) is 17.9 Å². The molecule has 2 amide bonds. The third-order valence-corrected chi connectivity index (χ3v) is 7.11. The molecule has 34 heavy (non-hydrogen) atoms. The number of pyridine rings is 1. The van der Waals surface area contributed by atoms with Crippen LogP contribution in [-0.4, -0.2) is 40.5 Å². The molecule has 2 aromatic rings. The molecule has 3 atom stereocenters. The highest BCUT2D eigenvalue weighted by molar-refractivity contribution is 6.30. The van der Waals surface area contributed by atoms with E-state index >= 15 is 0 Å². The van der Waals surface area contributed by atoms with E-state index in [0.29, 0.717) is 28.4 Å². The normalized spacial score (nSPS) is 22.1. The van der Waals surface area contributed by atoms with E-state index in [9.17, 15) is 9.59 Å². The van der Waals surface area contributed by atoms with E-state index in [2.05, 4.69) is 29.0 Å². The van der Waals surface area contributed by atoms with Gasteiger partial charge in [0.05, 0.1) is 5.56 Å². The van der Waals surface area contributed by atoms with Crippen LogP contribution < -0.4 is 20.7 Å². The summed E-state index contributed by atoms with van der Waals surface area (Å²) in [4.78, 5) is 31.4. The molecule has 182 valence electrons. The maximum absolute atomic E-state index is 13.2. The summed E-state index contributed by atoms with van der Waals surface area (Å²) in [6, 6.07) is 9.76. The Morgan fingerprint density at radius 2 is 1.85 bits per heavy atom. The number of primary amides is 1. The number of nitrogens with two attached hydrogens (primary N) is 1. The first-order valence-corrected chi connectivity index (χ1v) is 12.3. The lowest BCUT2D eigenvalue weighted by Crippen LogP contribution is -2.55. The fraction of sp³-hybridized carbons (Fsp3) is 0.500. The Morgan fingerprint density at radius 3 is 2.41 bits per heavy atom.